The number of hydrogen-bond acceptors (Lipinski definition) is 5. The van der Waals surface area contributed by atoms with Crippen molar-refractivity contribution in [2.45, 2.75) is 32.8 Å². The molecule has 0 amide bonds. The molecule has 1 heterocycles. The molecule has 1 aliphatic rings. The standard InChI is InChI=1S/C20H20O5/c1-11(2)7-8-13-15(22)9-16(23)19-17(24)10-18(25-20(13)19)12-5-3-4-6-14(12)21/h3-7,9,18,21-23H,8,10H2,1-2H3/t18-/m0/s1. The molecule has 0 saturated carbocycles. The fourth-order valence-corrected chi connectivity index (χ4v) is 2.96. The third kappa shape index (κ3) is 3.18. The summed E-state index contributed by atoms with van der Waals surface area (Å²) in [7, 11) is 0. The maximum atomic E-state index is 12.6. The number of ether oxygens (including phenoxy) is 1. The number of aromatic hydroxyl groups is 3. The molecule has 2 aromatic carbocycles. The van der Waals surface area contributed by atoms with Gasteiger partial charge in [0.05, 0.1) is 6.42 Å². The Labute approximate surface area is 145 Å². The van der Waals surface area contributed by atoms with Crippen LogP contribution < -0.4 is 4.74 Å². The van der Waals surface area contributed by atoms with Crippen LogP contribution >= 0.6 is 0 Å². The van der Waals surface area contributed by atoms with E-state index in [4.69, 9.17) is 4.74 Å². The minimum absolute atomic E-state index is 0.00495. The summed E-state index contributed by atoms with van der Waals surface area (Å²) in [5.74, 6) is -0.488. The molecular formula is C20H20O5. The van der Waals surface area contributed by atoms with Crippen molar-refractivity contribution >= 4 is 5.78 Å². The Balaban J connectivity index is 2.11. The normalized spacial score (nSPS) is 16.1. The smallest absolute Gasteiger partial charge is 0.174 e. The molecule has 0 spiro atoms. The van der Waals surface area contributed by atoms with Gasteiger partial charge in [-0.3, -0.25) is 4.79 Å². The number of rotatable bonds is 3. The number of allylic oxidation sites excluding steroid dienone is 2. The van der Waals surface area contributed by atoms with Crippen molar-refractivity contribution in [1.82, 2.24) is 0 Å². The number of carbonyl (C=O) groups is 1. The van der Waals surface area contributed by atoms with Gasteiger partial charge in [-0.1, -0.05) is 29.8 Å². The van der Waals surface area contributed by atoms with Crippen molar-refractivity contribution in [3.8, 4) is 23.0 Å². The van der Waals surface area contributed by atoms with Gasteiger partial charge in [-0.2, -0.15) is 0 Å². The zero-order chi connectivity index (χ0) is 18.1. The predicted octanol–water partition coefficient (Wildman–Crippen LogP) is 4.02. The van der Waals surface area contributed by atoms with Gasteiger partial charge < -0.3 is 20.1 Å². The number of benzene rings is 2. The van der Waals surface area contributed by atoms with Crippen LogP contribution in [0.15, 0.2) is 42.0 Å². The highest BCUT2D eigenvalue weighted by Crippen LogP contribution is 2.46. The number of phenolic OH excluding ortho intramolecular Hbond substituents is 3. The first-order valence-electron chi connectivity index (χ1n) is 8.07. The van der Waals surface area contributed by atoms with Crippen LogP contribution in [0.5, 0.6) is 23.0 Å². The van der Waals surface area contributed by atoms with Crippen LogP contribution in [0.3, 0.4) is 0 Å². The Morgan fingerprint density at radius 1 is 1.16 bits per heavy atom. The summed E-state index contributed by atoms with van der Waals surface area (Å²) in [5.41, 5.74) is 2.09. The van der Waals surface area contributed by atoms with Crippen molar-refractivity contribution in [3.63, 3.8) is 0 Å². The second-order valence-corrected chi connectivity index (χ2v) is 6.38. The molecule has 0 unspecified atom stereocenters. The molecule has 1 aliphatic heterocycles. The molecule has 3 rings (SSSR count). The van der Waals surface area contributed by atoms with Crippen LogP contribution in [0, 0.1) is 0 Å². The number of Topliss-reactive ketones (excluding diaryl/α,β-unsaturated/α-hetero) is 1. The summed E-state index contributed by atoms with van der Waals surface area (Å²) >= 11 is 0. The lowest BCUT2D eigenvalue weighted by Gasteiger charge is -2.28. The molecule has 5 nitrogen and oxygen atoms in total. The Morgan fingerprint density at radius 2 is 1.88 bits per heavy atom. The van der Waals surface area contributed by atoms with Crippen LogP contribution in [0.1, 0.15) is 47.9 Å². The molecule has 130 valence electrons. The molecule has 0 radical (unpaired) electrons. The minimum atomic E-state index is -0.673. The highest BCUT2D eigenvalue weighted by molar-refractivity contribution is 6.03. The number of hydrogen-bond donors (Lipinski definition) is 3. The minimum Gasteiger partial charge on any atom is -0.508 e. The van der Waals surface area contributed by atoms with Crippen LogP contribution in [-0.2, 0) is 6.42 Å². The molecule has 0 saturated heterocycles. The Bertz CT molecular complexity index is 863. The topological polar surface area (TPSA) is 87.0 Å². The maximum absolute atomic E-state index is 12.6. The third-order valence-corrected chi connectivity index (χ3v) is 4.25. The average molecular weight is 340 g/mol. The van der Waals surface area contributed by atoms with E-state index in [1.807, 2.05) is 19.9 Å². The summed E-state index contributed by atoms with van der Waals surface area (Å²) in [6, 6.07) is 7.84. The number of carbonyl (C=O) groups excluding carboxylic acids is 1. The maximum Gasteiger partial charge on any atom is 0.174 e. The first kappa shape index (κ1) is 16.9. The lowest BCUT2D eigenvalue weighted by atomic mass is 9.92. The first-order valence-corrected chi connectivity index (χ1v) is 8.07. The lowest BCUT2D eigenvalue weighted by Crippen LogP contribution is -2.21. The zero-order valence-electron chi connectivity index (χ0n) is 14.1. The Kier molecular flexibility index (Phi) is 4.40. The van der Waals surface area contributed by atoms with Gasteiger partial charge in [0.1, 0.15) is 34.7 Å². The average Bonchev–Trinajstić information content (AvgIpc) is 2.53. The van der Waals surface area contributed by atoms with E-state index in [9.17, 15) is 20.1 Å². The van der Waals surface area contributed by atoms with Gasteiger partial charge in [-0.15, -0.1) is 0 Å². The molecular weight excluding hydrogens is 320 g/mol. The van der Waals surface area contributed by atoms with Crippen molar-refractivity contribution in [2.24, 2.45) is 0 Å². The summed E-state index contributed by atoms with van der Waals surface area (Å²) in [6.07, 6.45) is 1.61. The van der Waals surface area contributed by atoms with E-state index in [1.54, 1.807) is 18.2 Å². The lowest BCUT2D eigenvalue weighted by molar-refractivity contribution is 0.0840. The van der Waals surface area contributed by atoms with E-state index in [-0.39, 0.29) is 40.8 Å². The van der Waals surface area contributed by atoms with Crippen LogP contribution in [0.2, 0.25) is 0 Å². The highest BCUT2D eigenvalue weighted by atomic mass is 16.5. The first-order chi connectivity index (χ1) is 11.9. The monoisotopic (exact) mass is 340 g/mol. The Hall–Kier alpha value is -2.95. The van der Waals surface area contributed by atoms with Crippen LogP contribution in [-0.4, -0.2) is 21.1 Å². The molecule has 0 aromatic heterocycles. The van der Waals surface area contributed by atoms with Crippen molar-refractivity contribution in [2.75, 3.05) is 0 Å². The Morgan fingerprint density at radius 3 is 2.56 bits per heavy atom. The van der Waals surface area contributed by atoms with E-state index in [2.05, 4.69) is 0 Å². The van der Waals surface area contributed by atoms with E-state index in [0.717, 1.165) is 5.57 Å². The van der Waals surface area contributed by atoms with Gasteiger partial charge in [0.15, 0.2) is 5.78 Å². The molecule has 5 heteroatoms. The van der Waals surface area contributed by atoms with Crippen molar-refractivity contribution < 1.29 is 24.9 Å². The quantitative estimate of drug-likeness (QED) is 0.735. The van der Waals surface area contributed by atoms with E-state index >= 15 is 0 Å². The summed E-state index contributed by atoms with van der Waals surface area (Å²) in [6.45, 7) is 3.86. The van der Waals surface area contributed by atoms with Crippen LogP contribution in [0.25, 0.3) is 0 Å². The van der Waals surface area contributed by atoms with Crippen molar-refractivity contribution in [3.05, 3.63) is 58.7 Å². The van der Waals surface area contributed by atoms with E-state index < -0.39 is 6.10 Å². The fraction of sp³-hybridized carbons (Fsp3) is 0.250. The number of fused-ring (bicyclic) bond motifs is 1. The highest BCUT2D eigenvalue weighted by Gasteiger charge is 2.34. The number of ketones is 1. The summed E-state index contributed by atoms with van der Waals surface area (Å²) < 4.78 is 5.96. The van der Waals surface area contributed by atoms with Gasteiger partial charge in [0.2, 0.25) is 0 Å². The molecule has 3 N–H and O–H groups in total. The molecule has 1 atom stereocenters. The SMILES string of the molecule is CC(C)=CCc1c(O)cc(O)c2c1O[C@H](c1ccccc1O)CC2=O. The zero-order valence-corrected chi connectivity index (χ0v) is 14.1. The van der Waals surface area contributed by atoms with Crippen molar-refractivity contribution in [1.29, 1.82) is 0 Å². The molecule has 2 aromatic rings. The second kappa shape index (κ2) is 6.51. The summed E-state index contributed by atoms with van der Waals surface area (Å²) in [4.78, 5) is 12.6. The molecule has 0 aliphatic carbocycles. The van der Waals surface area contributed by atoms with Gasteiger partial charge in [0.25, 0.3) is 0 Å². The van der Waals surface area contributed by atoms with E-state index in [1.165, 1.54) is 12.1 Å². The van der Waals surface area contributed by atoms with Gasteiger partial charge >= 0.3 is 0 Å². The molecule has 25 heavy (non-hydrogen) atoms. The second-order valence-electron chi connectivity index (χ2n) is 6.38. The molecule has 0 bridgehead atoms. The van der Waals surface area contributed by atoms with E-state index in [0.29, 0.717) is 17.5 Å². The number of para-hydroxylation sites is 1. The largest absolute Gasteiger partial charge is 0.508 e. The van der Waals surface area contributed by atoms with Gasteiger partial charge in [0, 0.05) is 17.2 Å². The van der Waals surface area contributed by atoms with Gasteiger partial charge in [-0.25, -0.2) is 0 Å². The predicted molar refractivity (Wildman–Crippen MR) is 93.3 cm³/mol. The third-order valence-electron chi connectivity index (χ3n) is 4.25. The molecule has 0 fully saturated rings. The number of phenols is 3. The van der Waals surface area contributed by atoms with Crippen LogP contribution in [0.4, 0.5) is 0 Å². The van der Waals surface area contributed by atoms with Gasteiger partial charge in [-0.05, 0) is 26.3 Å². The fourth-order valence-electron chi connectivity index (χ4n) is 2.96. The summed E-state index contributed by atoms with van der Waals surface area (Å²) in [5, 5.41) is 30.4.